The second-order valence-electron chi connectivity index (χ2n) is 6.44. The highest BCUT2D eigenvalue weighted by Gasteiger charge is 2.36. The average molecular weight is 551 g/mol. The van der Waals surface area contributed by atoms with E-state index in [2.05, 4.69) is 5.32 Å². The number of anilines is 1. The van der Waals surface area contributed by atoms with Crippen LogP contribution in [0.3, 0.4) is 0 Å². The summed E-state index contributed by atoms with van der Waals surface area (Å²) < 4.78 is 16.3. The van der Waals surface area contributed by atoms with Crippen molar-refractivity contribution in [3.05, 3.63) is 51.1 Å². The van der Waals surface area contributed by atoms with Gasteiger partial charge in [-0.1, -0.05) is 0 Å². The van der Waals surface area contributed by atoms with Crippen molar-refractivity contribution in [1.29, 1.82) is 0 Å². The van der Waals surface area contributed by atoms with Gasteiger partial charge in [-0.05, 0) is 70.6 Å². The number of halogens is 1. The van der Waals surface area contributed by atoms with Crippen LogP contribution in [0.4, 0.5) is 10.5 Å². The van der Waals surface area contributed by atoms with Crippen LogP contribution in [0.15, 0.2) is 42.0 Å². The maximum atomic E-state index is 13.0. The number of nitrogens with one attached hydrogen (secondary N) is 1. The van der Waals surface area contributed by atoms with E-state index in [0.29, 0.717) is 20.6 Å². The molecule has 0 spiro atoms. The third-order valence-corrected chi connectivity index (χ3v) is 5.16. The molecule has 1 heterocycles. The highest BCUT2D eigenvalue weighted by atomic mass is 127. The Kier molecular flexibility index (Phi) is 6.98. The van der Waals surface area contributed by atoms with E-state index in [1.165, 1.54) is 38.5 Å². The molecule has 3 N–H and O–H groups in total. The molecule has 11 heteroatoms. The number of barbiturate groups is 1. The van der Waals surface area contributed by atoms with E-state index in [-0.39, 0.29) is 23.6 Å². The molecule has 1 fully saturated rings. The van der Waals surface area contributed by atoms with E-state index in [1.807, 2.05) is 22.6 Å². The summed E-state index contributed by atoms with van der Waals surface area (Å²) in [5.41, 5.74) is 5.59. The van der Waals surface area contributed by atoms with Crippen LogP contribution in [-0.2, 0) is 14.4 Å². The van der Waals surface area contributed by atoms with Crippen molar-refractivity contribution >= 4 is 58.1 Å². The third-order valence-electron chi connectivity index (χ3n) is 4.35. The fourth-order valence-electron chi connectivity index (χ4n) is 2.90. The van der Waals surface area contributed by atoms with Gasteiger partial charge < -0.3 is 19.9 Å². The standard InChI is InChI=1S/C21H18IN3O7/c1-30-13-5-3-12(4-6-13)25-20(28)14(19(27)24-21(25)29)7-11-8-15(22)18(16(9-11)31-2)32-10-17(23)26/h3-9H,10H2,1-2H3,(H2,23,26)(H,24,27,29)/b14-7+. The fourth-order valence-corrected chi connectivity index (χ4v) is 3.68. The lowest BCUT2D eigenvalue weighted by Crippen LogP contribution is -2.54. The summed E-state index contributed by atoms with van der Waals surface area (Å²) in [4.78, 5) is 49.6. The van der Waals surface area contributed by atoms with Crippen LogP contribution >= 0.6 is 22.6 Å². The second kappa shape index (κ2) is 9.68. The van der Waals surface area contributed by atoms with Crippen molar-refractivity contribution in [3.63, 3.8) is 0 Å². The van der Waals surface area contributed by atoms with Gasteiger partial charge in [-0.2, -0.15) is 0 Å². The van der Waals surface area contributed by atoms with Crippen molar-refractivity contribution in [2.45, 2.75) is 0 Å². The summed E-state index contributed by atoms with van der Waals surface area (Å²) >= 11 is 1.96. The second-order valence-corrected chi connectivity index (χ2v) is 7.61. The molecule has 2 aromatic rings. The number of methoxy groups -OCH3 is 2. The molecule has 166 valence electrons. The number of hydrogen-bond acceptors (Lipinski definition) is 7. The first-order chi connectivity index (χ1) is 15.2. The molecular formula is C21H18IN3O7. The molecule has 5 amide bonds. The lowest BCUT2D eigenvalue weighted by atomic mass is 10.1. The van der Waals surface area contributed by atoms with E-state index in [1.54, 1.807) is 18.2 Å². The molecule has 0 aromatic heterocycles. The highest BCUT2D eigenvalue weighted by Crippen LogP contribution is 2.35. The molecule has 3 rings (SSSR count). The Bertz CT molecular complexity index is 1130. The summed E-state index contributed by atoms with van der Waals surface area (Å²) in [6, 6.07) is 8.54. The Labute approximate surface area is 196 Å². The molecule has 10 nitrogen and oxygen atoms in total. The predicted octanol–water partition coefficient (Wildman–Crippen LogP) is 1.84. The van der Waals surface area contributed by atoms with Gasteiger partial charge in [-0.3, -0.25) is 19.7 Å². The zero-order chi connectivity index (χ0) is 23.4. The van der Waals surface area contributed by atoms with Gasteiger partial charge in [0.15, 0.2) is 18.1 Å². The Hall–Kier alpha value is -3.61. The normalized spacial score (nSPS) is 14.9. The van der Waals surface area contributed by atoms with Crippen LogP contribution in [-0.4, -0.2) is 44.6 Å². The van der Waals surface area contributed by atoms with Gasteiger partial charge in [-0.15, -0.1) is 0 Å². The van der Waals surface area contributed by atoms with Gasteiger partial charge in [0.05, 0.1) is 23.5 Å². The highest BCUT2D eigenvalue weighted by molar-refractivity contribution is 14.1. The largest absolute Gasteiger partial charge is 0.497 e. The number of nitrogens with zero attached hydrogens (tertiary/aromatic N) is 1. The maximum absolute atomic E-state index is 13.0. The summed E-state index contributed by atoms with van der Waals surface area (Å²) in [7, 11) is 2.90. The van der Waals surface area contributed by atoms with Crippen molar-refractivity contribution in [3.8, 4) is 17.2 Å². The number of urea groups is 1. The van der Waals surface area contributed by atoms with Crippen LogP contribution in [0.1, 0.15) is 5.56 Å². The molecule has 1 aliphatic rings. The first-order valence-electron chi connectivity index (χ1n) is 9.09. The number of ether oxygens (including phenoxy) is 3. The van der Waals surface area contributed by atoms with Gasteiger partial charge >= 0.3 is 6.03 Å². The number of benzene rings is 2. The van der Waals surface area contributed by atoms with Crippen LogP contribution in [0, 0.1) is 3.57 Å². The Balaban J connectivity index is 1.98. The number of primary amides is 1. The van der Waals surface area contributed by atoms with E-state index in [0.717, 1.165) is 4.90 Å². The Morgan fingerprint density at radius 3 is 2.41 bits per heavy atom. The molecule has 1 saturated heterocycles. The number of amides is 5. The van der Waals surface area contributed by atoms with Gasteiger partial charge in [0.2, 0.25) is 0 Å². The molecule has 0 radical (unpaired) electrons. The van der Waals surface area contributed by atoms with E-state index < -0.39 is 23.8 Å². The summed E-state index contributed by atoms with van der Waals surface area (Å²) in [6.45, 7) is -0.341. The van der Waals surface area contributed by atoms with Gasteiger partial charge in [0, 0.05) is 0 Å². The lowest BCUT2D eigenvalue weighted by molar-refractivity contribution is -0.123. The topological polar surface area (TPSA) is 137 Å². The van der Waals surface area contributed by atoms with Crippen LogP contribution in [0.2, 0.25) is 0 Å². The fraction of sp³-hybridized carbons (Fsp3) is 0.143. The predicted molar refractivity (Wildman–Crippen MR) is 122 cm³/mol. The minimum absolute atomic E-state index is 0.246. The van der Waals surface area contributed by atoms with Crippen molar-refractivity contribution in [2.75, 3.05) is 25.7 Å². The minimum Gasteiger partial charge on any atom is -0.497 e. The van der Waals surface area contributed by atoms with Crippen molar-refractivity contribution < 1.29 is 33.4 Å². The van der Waals surface area contributed by atoms with Crippen molar-refractivity contribution in [2.24, 2.45) is 5.73 Å². The molecule has 2 aromatic carbocycles. The minimum atomic E-state index is -0.857. The molecule has 0 saturated carbocycles. The molecule has 0 unspecified atom stereocenters. The molecule has 0 aliphatic carbocycles. The van der Waals surface area contributed by atoms with Crippen LogP contribution < -0.4 is 30.2 Å². The molecule has 0 atom stereocenters. The summed E-state index contributed by atoms with van der Waals surface area (Å²) in [5.74, 6) is -1.15. The van der Waals surface area contributed by atoms with Gasteiger partial charge in [-0.25, -0.2) is 9.69 Å². The van der Waals surface area contributed by atoms with E-state index in [9.17, 15) is 19.2 Å². The number of carbonyl (C=O) groups is 4. The van der Waals surface area contributed by atoms with Crippen LogP contribution in [0.25, 0.3) is 6.08 Å². The summed E-state index contributed by atoms with van der Waals surface area (Å²) in [5, 5.41) is 2.16. The summed E-state index contributed by atoms with van der Waals surface area (Å²) in [6.07, 6.45) is 1.34. The lowest BCUT2D eigenvalue weighted by Gasteiger charge is -2.26. The monoisotopic (exact) mass is 551 g/mol. The van der Waals surface area contributed by atoms with E-state index >= 15 is 0 Å². The first kappa shape index (κ1) is 23.1. The SMILES string of the molecule is COc1ccc(N2C(=O)NC(=O)/C(=C\c3cc(I)c(OCC(N)=O)c(OC)c3)C2=O)cc1. The number of imide groups is 2. The maximum Gasteiger partial charge on any atom is 0.335 e. The number of nitrogens with two attached hydrogens (primary N) is 1. The average Bonchev–Trinajstić information content (AvgIpc) is 2.75. The first-order valence-corrected chi connectivity index (χ1v) is 10.2. The molecule has 1 aliphatic heterocycles. The molecule has 32 heavy (non-hydrogen) atoms. The van der Waals surface area contributed by atoms with Gasteiger partial charge in [0.25, 0.3) is 17.7 Å². The van der Waals surface area contributed by atoms with E-state index in [4.69, 9.17) is 19.9 Å². The third kappa shape index (κ3) is 4.82. The molecular weight excluding hydrogens is 533 g/mol. The smallest absolute Gasteiger partial charge is 0.335 e. The zero-order valence-corrected chi connectivity index (χ0v) is 19.2. The number of hydrogen-bond donors (Lipinski definition) is 2. The Morgan fingerprint density at radius 1 is 1.12 bits per heavy atom. The van der Waals surface area contributed by atoms with Gasteiger partial charge in [0.1, 0.15) is 11.3 Å². The zero-order valence-electron chi connectivity index (χ0n) is 17.0. The quantitative estimate of drug-likeness (QED) is 0.305. The number of carbonyl (C=O) groups excluding carboxylic acids is 4. The Morgan fingerprint density at radius 2 is 1.81 bits per heavy atom. The van der Waals surface area contributed by atoms with Crippen LogP contribution in [0.5, 0.6) is 17.2 Å². The molecule has 0 bridgehead atoms. The number of rotatable bonds is 7. The van der Waals surface area contributed by atoms with Crippen molar-refractivity contribution in [1.82, 2.24) is 5.32 Å².